The Labute approximate surface area is 109 Å². The summed E-state index contributed by atoms with van der Waals surface area (Å²) >= 11 is 0. The molecule has 0 bridgehead atoms. The summed E-state index contributed by atoms with van der Waals surface area (Å²) in [5.74, 6) is -0.355. The van der Waals surface area contributed by atoms with Gasteiger partial charge in [-0.25, -0.2) is 4.79 Å². The van der Waals surface area contributed by atoms with Gasteiger partial charge in [0.05, 0.1) is 12.2 Å². The Balaban J connectivity index is 0.00000256. The van der Waals surface area contributed by atoms with Crippen molar-refractivity contribution in [2.24, 2.45) is 0 Å². The van der Waals surface area contributed by atoms with Crippen LogP contribution in [0.1, 0.15) is 43.6 Å². The Morgan fingerprint density at radius 2 is 1.94 bits per heavy atom. The van der Waals surface area contributed by atoms with E-state index in [1.165, 1.54) is 0 Å². The van der Waals surface area contributed by atoms with Crippen LogP contribution in [0.15, 0.2) is 18.2 Å². The largest absolute Gasteiger partial charge is 0.462 e. The molecule has 0 fully saturated rings. The summed E-state index contributed by atoms with van der Waals surface area (Å²) in [4.78, 5) is 11.6. The van der Waals surface area contributed by atoms with E-state index in [2.05, 4.69) is 20.8 Å². The Kier molecular flexibility index (Phi) is 5.49. The number of para-hydroxylation sites is 1. The fourth-order valence-electron chi connectivity index (χ4n) is 1.61. The number of rotatable bonds is 2. The highest BCUT2D eigenvalue weighted by molar-refractivity contribution is 5.96. The van der Waals surface area contributed by atoms with E-state index < -0.39 is 0 Å². The summed E-state index contributed by atoms with van der Waals surface area (Å²) in [6.45, 7) is 8.33. The topological polar surface area (TPSA) is 52.3 Å². The highest BCUT2D eigenvalue weighted by Gasteiger charge is 2.21. The molecule has 4 heteroatoms. The van der Waals surface area contributed by atoms with Gasteiger partial charge < -0.3 is 10.5 Å². The van der Waals surface area contributed by atoms with Gasteiger partial charge in [-0.2, -0.15) is 0 Å². The van der Waals surface area contributed by atoms with Crippen molar-refractivity contribution in [3.05, 3.63) is 29.3 Å². The van der Waals surface area contributed by atoms with E-state index in [0.717, 1.165) is 5.56 Å². The van der Waals surface area contributed by atoms with Crippen molar-refractivity contribution in [2.75, 3.05) is 12.3 Å². The monoisotopic (exact) mass is 257 g/mol. The average Bonchev–Trinajstić information content (AvgIpc) is 2.16. The van der Waals surface area contributed by atoms with Gasteiger partial charge >= 0.3 is 5.97 Å². The third kappa shape index (κ3) is 3.63. The molecule has 0 saturated carbocycles. The molecule has 0 unspecified atom stereocenters. The smallest absolute Gasteiger partial charge is 0.340 e. The van der Waals surface area contributed by atoms with Gasteiger partial charge in [0, 0.05) is 5.69 Å². The Morgan fingerprint density at radius 3 is 2.41 bits per heavy atom. The van der Waals surface area contributed by atoms with Crippen LogP contribution in [0.4, 0.5) is 5.69 Å². The maximum Gasteiger partial charge on any atom is 0.340 e. The minimum Gasteiger partial charge on any atom is -0.462 e. The predicted octanol–water partition coefficient (Wildman–Crippen LogP) is 3.16. The number of carbonyl (C=O) groups excluding carboxylic acids is 1. The van der Waals surface area contributed by atoms with Crippen LogP contribution in [-0.2, 0) is 10.2 Å². The molecule has 0 atom stereocenters. The zero-order valence-electron chi connectivity index (χ0n) is 10.7. The number of carbonyl (C=O) groups is 1. The zero-order chi connectivity index (χ0) is 12.3. The van der Waals surface area contributed by atoms with Gasteiger partial charge in [0.1, 0.15) is 0 Å². The maximum absolute atomic E-state index is 11.6. The van der Waals surface area contributed by atoms with E-state index in [-0.39, 0.29) is 23.8 Å². The van der Waals surface area contributed by atoms with Crippen molar-refractivity contribution in [3.8, 4) is 0 Å². The fourth-order valence-corrected chi connectivity index (χ4v) is 1.61. The van der Waals surface area contributed by atoms with Crippen molar-refractivity contribution >= 4 is 24.1 Å². The van der Waals surface area contributed by atoms with Gasteiger partial charge in [-0.15, -0.1) is 12.4 Å². The third-order valence-electron chi connectivity index (χ3n) is 2.41. The number of nitrogens with two attached hydrogens (primary N) is 1. The van der Waals surface area contributed by atoms with Crippen LogP contribution in [0.25, 0.3) is 0 Å². The molecule has 3 nitrogen and oxygen atoms in total. The Morgan fingerprint density at radius 1 is 1.35 bits per heavy atom. The molecule has 1 rings (SSSR count). The number of esters is 1. The lowest BCUT2D eigenvalue weighted by molar-refractivity contribution is 0.0527. The van der Waals surface area contributed by atoms with Crippen molar-refractivity contribution in [2.45, 2.75) is 33.1 Å². The highest BCUT2D eigenvalue weighted by Crippen LogP contribution is 2.30. The first-order chi connectivity index (χ1) is 7.38. The molecular formula is C13H20ClNO2. The minimum absolute atomic E-state index is 0. The molecule has 0 saturated heterocycles. The van der Waals surface area contributed by atoms with Crippen LogP contribution in [0, 0.1) is 0 Å². The normalized spacial score (nSPS) is 10.6. The van der Waals surface area contributed by atoms with Gasteiger partial charge in [0.15, 0.2) is 0 Å². The lowest BCUT2D eigenvalue weighted by Crippen LogP contribution is -2.17. The van der Waals surface area contributed by atoms with E-state index in [1.807, 2.05) is 12.1 Å². The van der Waals surface area contributed by atoms with E-state index >= 15 is 0 Å². The number of ether oxygens (including phenoxy) is 1. The first-order valence-corrected chi connectivity index (χ1v) is 5.44. The predicted molar refractivity (Wildman–Crippen MR) is 72.8 cm³/mol. The summed E-state index contributed by atoms with van der Waals surface area (Å²) in [5.41, 5.74) is 7.87. The van der Waals surface area contributed by atoms with Crippen LogP contribution in [0.3, 0.4) is 0 Å². The summed E-state index contributed by atoms with van der Waals surface area (Å²) in [6, 6.07) is 5.48. The second kappa shape index (κ2) is 5.92. The van der Waals surface area contributed by atoms with Crippen LogP contribution >= 0.6 is 12.4 Å². The van der Waals surface area contributed by atoms with Gasteiger partial charge in [0.2, 0.25) is 0 Å². The van der Waals surface area contributed by atoms with Gasteiger partial charge in [-0.1, -0.05) is 32.9 Å². The fraction of sp³-hybridized carbons (Fsp3) is 0.462. The molecule has 0 aliphatic heterocycles. The molecule has 96 valence electrons. The molecule has 0 aliphatic rings. The number of hydrogen-bond donors (Lipinski definition) is 1. The van der Waals surface area contributed by atoms with Crippen molar-refractivity contribution in [1.82, 2.24) is 0 Å². The minimum atomic E-state index is -0.355. The maximum atomic E-state index is 11.6. The highest BCUT2D eigenvalue weighted by atomic mass is 35.5. The summed E-state index contributed by atoms with van der Waals surface area (Å²) in [5, 5.41) is 0. The van der Waals surface area contributed by atoms with Crippen LogP contribution in [-0.4, -0.2) is 12.6 Å². The van der Waals surface area contributed by atoms with E-state index in [4.69, 9.17) is 10.5 Å². The second-order valence-corrected chi connectivity index (χ2v) is 4.74. The molecule has 0 aliphatic carbocycles. The molecule has 1 aromatic rings. The summed E-state index contributed by atoms with van der Waals surface area (Å²) in [6.07, 6.45) is 0. The number of benzene rings is 1. The molecule has 0 aromatic heterocycles. The molecule has 1 aromatic carbocycles. The summed E-state index contributed by atoms with van der Waals surface area (Å²) < 4.78 is 4.96. The standard InChI is InChI=1S/C13H19NO2.ClH/c1-5-16-12(15)9-7-6-8-10(11(9)14)13(2,3)4;/h6-8H,5,14H2,1-4H3;1H. The molecule has 0 spiro atoms. The van der Waals surface area contributed by atoms with E-state index in [1.54, 1.807) is 13.0 Å². The quantitative estimate of drug-likeness (QED) is 0.654. The average molecular weight is 258 g/mol. The molecule has 17 heavy (non-hydrogen) atoms. The third-order valence-corrected chi connectivity index (χ3v) is 2.41. The Hall–Kier alpha value is -1.22. The summed E-state index contributed by atoms with van der Waals surface area (Å²) in [7, 11) is 0. The lowest BCUT2D eigenvalue weighted by atomic mass is 9.84. The molecule has 0 heterocycles. The van der Waals surface area contributed by atoms with Gasteiger partial charge in [0.25, 0.3) is 0 Å². The second-order valence-electron chi connectivity index (χ2n) is 4.74. The molecule has 0 amide bonds. The van der Waals surface area contributed by atoms with Gasteiger partial charge in [-0.3, -0.25) is 0 Å². The van der Waals surface area contributed by atoms with Gasteiger partial charge in [-0.05, 0) is 24.0 Å². The molecule has 0 radical (unpaired) electrons. The Bertz CT molecular complexity index is 397. The number of anilines is 1. The van der Waals surface area contributed by atoms with Crippen LogP contribution < -0.4 is 5.73 Å². The molecular weight excluding hydrogens is 238 g/mol. The first-order valence-electron chi connectivity index (χ1n) is 5.44. The van der Waals surface area contributed by atoms with Crippen LogP contribution in [0.5, 0.6) is 0 Å². The number of halogens is 1. The van der Waals surface area contributed by atoms with E-state index in [0.29, 0.717) is 17.9 Å². The molecule has 2 N–H and O–H groups in total. The lowest BCUT2D eigenvalue weighted by Gasteiger charge is -2.22. The first kappa shape index (κ1) is 15.8. The number of hydrogen-bond acceptors (Lipinski definition) is 3. The van der Waals surface area contributed by atoms with Crippen molar-refractivity contribution < 1.29 is 9.53 Å². The SMILES string of the molecule is CCOC(=O)c1cccc(C(C)(C)C)c1N.Cl. The number of nitrogen functional groups attached to an aromatic ring is 1. The zero-order valence-corrected chi connectivity index (χ0v) is 11.6. The van der Waals surface area contributed by atoms with Crippen molar-refractivity contribution in [3.63, 3.8) is 0 Å². The van der Waals surface area contributed by atoms with Crippen molar-refractivity contribution in [1.29, 1.82) is 0 Å². The van der Waals surface area contributed by atoms with Crippen LogP contribution in [0.2, 0.25) is 0 Å². The van der Waals surface area contributed by atoms with E-state index in [9.17, 15) is 4.79 Å².